The fourth-order valence-corrected chi connectivity index (χ4v) is 2.30. The van der Waals surface area contributed by atoms with Crippen LogP contribution in [-0.4, -0.2) is 25.7 Å². The Hall–Kier alpha value is -2.69. The Labute approximate surface area is 142 Å². The fourth-order valence-electron chi connectivity index (χ4n) is 2.30. The van der Waals surface area contributed by atoms with Crippen LogP contribution in [-0.2, 0) is 11.2 Å². The molecule has 0 aliphatic rings. The van der Waals surface area contributed by atoms with Crippen molar-refractivity contribution >= 4 is 11.6 Å². The molecule has 0 aliphatic carbocycles. The summed E-state index contributed by atoms with van der Waals surface area (Å²) in [5, 5.41) is 2.88. The van der Waals surface area contributed by atoms with Gasteiger partial charge in [0.15, 0.2) is 0 Å². The minimum Gasteiger partial charge on any atom is -0.497 e. The molecule has 0 aliphatic heterocycles. The standard InChI is InChI=1S/C19H24N2O3/c1-14(24-17-8-5-7-16(12-17)23-2)13-21-19(22)11-10-15-6-3-4-9-18(15)20/h3-9,12,14H,10-11,13,20H2,1-2H3,(H,21,22). The van der Waals surface area contributed by atoms with Crippen LogP contribution in [0, 0.1) is 0 Å². The molecule has 0 heterocycles. The fraction of sp³-hybridized carbons (Fsp3) is 0.316. The Morgan fingerprint density at radius 3 is 2.67 bits per heavy atom. The summed E-state index contributed by atoms with van der Waals surface area (Å²) >= 11 is 0. The van der Waals surface area contributed by atoms with Crippen molar-refractivity contribution in [3.8, 4) is 11.5 Å². The van der Waals surface area contributed by atoms with Crippen molar-refractivity contribution in [2.75, 3.05) is 19.4 Å². The highest BCUT2D eigenvalue weighted by Crippen LogP contribution is 2.19. The number of amides is 1. The molecule has 0 fully saturated rings. The Morgan fingerprint density at radius 2 is 1.92 bits per heavy atom. The van der Waals surface area contributed by atoms with E-state index in [1.165, 1.54) is 0 Å². The molecule has 24 heavy (non-hydrogen) atoms. The summed E-state index contributed by atoms with van der Waals surface area (Å²) < 4.78 is 10.9. The van der Waals surface area contributed by atoms with Crippen LogP contribution in [0.25, 0.3) is 0 Å². The molecule has 0 radical (unpaired) electrons. The van der Waals surface area contributed by atoms with Crippen molar-refractivity contribution in [3.63, 3.8) is 0 Å². The van der Waals surface area contributed by atoms with Crippen LogP contribution in [0.5, 0.6) is 11.5 Å². The third-order valence-electron chi connectivity index (χ3n) is 3.64. The predicted octanol–water partition coefficient (Wildman–Crippen LogP) is 2.79. The zero-order chi connectivity index (χ0) is 17.4. The number of hydrogen-bond acceptors (Lipinski definition) is 4. The molecule has 0 spiro atoms. The van der Waals surface area contributed by atoms with Gasteiger partial charge in [0.05, 0.1) is 13.7 Å². The van der Waals surface area contributed by atoms with Crippen molar-refractivity contribution in [2.45, 2.75) is 25.9 Å². The van der Waals surface area contributed by atoms with Crippen LogP contribution in [0.1, 0.15) is 18.9 Å². The third-order valence-corrected chi connectivity index (χ3v) is 3.64. The molecule has 0 aromatic heterocycles. The van der Waals surface area contributed by atoms with Gasteiger partial charge in [-0.15, -0.1) is 0 Å². The normalized spacial score (nSPS) is 11.6. The lowest BCUT2D eigenvalue weighted by Crippen LogP contribution is -2.33. The van der Waals surface area contributed by atoms with E-state index in [4.69, 9.17) is 15.2 Å². The predicted molar refractivity (Wildman–Crippen MR) is 95.3 cm³/mol. The van der Waals surface area contributed by atoms with E-state index >= 15 is 0 Å². The Morgan fingerprint density at radius 1 is 1.17 bits per heavy atom. The lowest BCUT2D eigenvalue weighted by molar-refractivity contribution is -0.121. The first-order valence-electron chi connectivity index (χ1n) is 7.99. The van der Waals surface area contributed by atoms with Gasteiger partial charge < -0.3 is 20.5 Å². The molecule has 2 aromatic carbocycles. The second-order valence-electron chi connectivity index (χ2n) is 5.61. The smallest absolute Gasteiger partial charge is 0.220 e. The summed E-state index contributed by atoms with van der Waals surface area (Å²) in [6, 6.07) is 15.0. The van der Waals surface area contributed by atoms with Crippen LogP contribution < -0.4 is 20.5 Å². The monoisotopic (exact) mass is 328 g/mol. The van der Waals surface area contributed by atoms with Gasteiger partial charge >= 0.3 is 0 Å². The second kappa shape index (κ2) is 8.82. The number of anilines is 1. The number of benzene rings is 2. The lowest BCUT2D eigenvalue weighted by atomic mass is 10.1. The van der Waals surface area contributed by atoms with Gasteiger partial charge in [-0.25, -0.2) is 0 Å². The van der Waals surface area contributed by atoms with Gasteiger partial charge in [-0.3, -0.25) is 4.79 Å². The highest BCUT2D eigenvalue weighted by Gasteiger charge is 2.08. The molecular formula is C19H24N2O3. The first-order chi connectivity index (χ1) is 11.6. The van der Waals surface area contributed by atoms with Crippen LogP contribution in [0.4, 0.5) is 5.69 Å². The number of carbonyl (C=O) groups excluding carboxylic acids is 1. The quantitative estimate of drug-likeness (QED) is 0.731. The highest BCUT2D eigenvalue weighted by atomic mass is 16.5. The number of methoxy groups -OCH3 is 1. The lowest BCUT2D eigenvalue weighted by Gasteiger charge is -2.16. The third kappa shape index (κ3) is 5.50. The van der Waals surface area contributed by atoms with Gasteiger partial charge in [-0.2, -0.15) is 0 Å². The van der Waals surface area contributed by atoms with Gasteiger partial charge in [0.25, 0.3) is 0 Å². The van der Waals surface area contributed by atoms with E-state index in [1.807, 2.05) is 55.5 Å². The Bertz CT molecular complexity index is 673. The maximum atomic E-state index is 12.0. The number of rotatable bonds is 8. The summed E-state index contributed by atoms with van der Waals surface area (Å²) in [6.07, 6.45) is 0.895. The molecule has 3 N–H and O–H groups in total. The molecule has 5 heteroatoms. The van der Waals surface area contributed by atoms with Crippen molar-refractivity contribution in [3.05, 3.63) is 54.1 Å². The van der Waals surface area contributed by atoms with Gasteiger partial charge in [-0.05, 0) is 37.1 Å². The van der Waals surface area contributed by atoms with Gasteiger partial charge in [0.1, 0.15) is 17.6 Å². The van der Waals surface area contributed by atoms with Crippen molar-refractivity contribution in [1.82, 2.24) is 5.32 Å². The second-order valence-corrected chi connectivity index (χ2v) is 5.61. The first-order valence-corrected chi connectivity index (χ1v) is 7.99. The number of nitrogens with one attached hydrogen (secondary N) is 1. The summed E-state index contributed by atoms with van der Waals surface area (Å²) in [5.41, 5.74) is 7.59. The zero-order valence-electron chi connectivity index (χ0n) is 14.1. The van der Waals surface area contributed by atoms with E-state index in [0.717, 1.165) is 17.0 Å². The molecule has 1 amide bonds. The molecule has 2 rings (SSSR count). The number of hydrogen-bond donors (Lipinski definition) is 2. The van der Waals surface area contributed by atoms with E-state index in [1.54, 1.807) is 7.11 Å². The largest absolute Gasteiger partial charge is 0.497 e. The first kappa shape index (κ1) is 17.7. The number of para-hydroxylation sites is 1. The van der Waals surface area contributed by atoms with Gasteiger partial charge in [0, 0.05) is 18.2 Å². The van der Waals surface area contributed by atoms with Crippen LogP contribution in [0.3, 0.4) is 0 Å². The number of ether oxygens (including phenoxy) is 2. The maximum absolute atomic E-state index is 12.0. The van der Waals surface area contributed by atoms with E-state index in [9.17, 15) is 4.79 Å². The van der Waals surface area contributed by atoms with E-state index < -0.39 is 0 Å². The Balaban J connectivity index is 1.73. The zero-order valence-corrected chi connectivity index (χ0v) is 14.1. The maximum Gasteiger partial charge on any atom is 0.220 e. The minimum atomic E-state index is -0.136. The van der Waals surface area contributed by atoms with Crippen LogP contribution in [0.2, 0.25) is 0 Å². The average molecular weight is 328 g/mol. The molecule has 2 aromatic rings. The van der Waals surface area contributed by atoms with Crippen molar-refractivity contribution < 1.29 is 14.3 Å². The number of carbonyl (C=O) groups is 1. The van der Waals surface area contributed by atoms with Crippen LogP contribution >= 0.6 is 0 Å². The van der Waals surface area contributed by atoms with E-state index in [0.29, 0.717) is 25.1 Å². The number of aryl methyl sites for hydroxylation is 1. The molecule has 0 bridgehead atoms. The molecule has 0 saturated carbocycles. The summed E-state index contributed by atoms with van der Waals surface area (Å²) in [6.45, 7) is 2.36. The summed E-state index contributed by atoms with van der Waals surface area (Å²) in [7, 11) is 1.61. The van der Waals surface area contributed by atoms with Crippen molar-refractivity contribution in [1.29, 1.82) is 0 Å². The SMILES string of the molecule is COc1cccc(OC(C)CNC(=O)CCc2ccccc2N)c1. The topological polar surface area (TPSA) is 73.6 Å². The molecule has 1 unspecified atom stereocenters. The highest BCUT2D eigenvalue weighted by molar-refractivity contribution is 5.76. The number of nitrogen functional groups attached to an aromatic ring is 1. The summed E-state index contributed by atoms with van der Waals surface area (Å²) in [5.74, 6) is 1.44. The van der Waals surface area contributed by atoms with Gasteiger partial charge in [0.2, 0.25) is 5.91 Å². The van der Waals surface area contributed by atoms with Crippen LogP contribution in [0.15, 0.2) is 48.5 Å². The number of nitrogens with two attached hydrogens (primary N) is 1. The van der Waals surface area contributed by atoms with E-state index in [2.05, 4.69) is 5.32 Å². The van der Waals surface area contributed by atoms with E-state index in [-0.39, 0.29) is 12.0 Å². The average Bonchev–Trinajstić information content (AvgIpc) is 2.59. The Kier molecular flexibility index (Phi) is 6.49. The molecule has 1 atom stereocenters. The van der Waals surface area contributed by atoms with Gasteiger partial charge in [-0.1, -0.05) is 24.3 Å². The minimum absolute atomic E-state index is 0.0145. The van der Waals surface area contributed by atoms with Crippen molar-refractivity contribution in [2.24, 2.45) is 0 Å². The summed E-state index contributed by atoms with van der Waals surface area (Å²) in [4.78, 5) is 12.0. The molecule has 5 nitrogen and oxygen atoms in total. The molecule has 0 saturated heterocycles. The molecular weight excluding hydrogens is 304 g/mol. The molecule has 128 valence electrons.